The van der Waals surface area contributed by atoms with Gasteiger partial charge in [-0.25, -0.2) is 0 Å². The second-order valence-corrected chi connectivity index (χ2v) is 8.76. The van der Waals surface area contributed by atoms with Crippen LogP contribution in [-0.2, 0) is 19.1 Å². The Balaban J connectivity index is 2.70. The average Bonchev–Trinajstić information content (AvgIpc) is 2.73. The third-order valence-corrected chi connectivity index (χ3v) is 5.73. The topological polar surface area (TPSA) is 204 Å². The predicted molar refractivity (Wildman–Crippen MR) is 117 cm³/mol. The Kier molecular flexibility index (Phi) is 10.4. The van der Waals surface area contributed by atoms with E-state index in [1.165, 1.54) is 39.2 Å². The molecule has 1 fully saturated rings. The van der Waals surface area contributed by atoms with Crippen molar-refractivity contribution in [1.82, 2.24) is 10.6 Å². The molecule has 0 spiro atoms. The van der Waals surface area contributed by atoms with Gasteiger partial charge in [-0.2, -0.15) is 0 Å². The Hall–Kier alpha value is -2.06. The molecule has 1 saturated heterocycles. The van der Waals surface area contributed by atoms with E-state index < -0.39 is 66.1 Å². The van der Waals surface area contributed by atoms with E-state index in [0.29, 0.717) is 5.70 Å². The van der Waals surface area contributed by atoms with E-state index in [-0.39, 0.29) is 6.54 Å². The number of amides is 1. The van der Waals surface area contributed by atoms with Gasteiger partial charge in [0.1, 0.15) is 24.4 Å². The van der Waals surface area contributed by atoms with Crippen molar-refractivity contribution < 1.29 is 44.6 Å². The van der Waals surface area contributed by atoms with Crippen molar-refractivity contribution in [3.8, 4) is 0 Å². The number of Topliss-reactive ketones (excluding diaryl/α,β-unsaturated/α-hetero) is 1. The molecule has 12 heteroatoms. The Morgan fingerprint density at radius 2 is 1.79 bits per heavy atom. The van der Waals surface area contributed by atoms with Crippen LogP contribution in [0, 0.1) is 5.41 Å². The third kappa shape index (κ3) is 7.21. The van der Waals surface area contributed by atoms with Gasteiger partial charge < -0.3 is 51.4 Å². The van der Waals surface area contributed by atoms with Gasteiger partial charge in [-0.3, -0.25) is 9.59 Å². The summed E-state index contributed by atoms with van der Waals surface area (Å²) in [6.45, 7) is 6.59. The van der Waals surface area contributed by atoms with Crippen molar-refractivity contribution in [2.75, 3.05) is 13.2 Å². The smallest absolute Gasteiger partial charge is 0.256 e. The molecule has 190 valence electrons. The highest BCUT2D eigenvalue weighted by Crippen LogP contribution is 2.32. The van der Waals surface area contributed by atoms with E-state index in [2.05, 4.69) is 10.6 Å². The van der Waals surface area contributed by atoms with Crippen LogP contribution < -0.4 is 16.4 Å². The van der Waals surface area contributed by atoms with Gasteiger partial charge in [-0.1, -0.05) is 0 Å². The molecular weight excluding hydrogens is 438 g/mol. The zero-order valence-electron chi connectivity index (χ0n) is 19.6. The van der Waals surface area contributed by atoms with Crippen molar-refractivity contribution in [3.63, 3.8) is 0 Å². The Morgan fingerprint density at radius 1 is 1.18 bits per heavy atom. The number of aliphatic hydroxyl groups excluding tert-OH is 4. The molecule has 1 aliphatic rings. The van der Waals surface area contributed by atoms with Gasteiger partial charge in [0, 0.05) is 18.1 Å². The summed E-state index contributed by atoms with van der Waals surface area (Å²) in [5, 5.41) is 54.7. The molecule has 12 nitrogen and oxygen atoms in total. The Labute approximate surface area is 193 Å². The number of nitrogens with one attached hydrogen (secondary N) is 2. The molecule has 0 aliphatic carbocycles. The summed E-state index contributed by atoms with van der Waals surface area (Å²) in [6, 6.07) is 0. The van der Waals surface area contributed by atoms with Gasteiger partial charge >= 0.3 is 0 Å². The number of carbonyl (C=O) groups excluding carboxylic acids is 2. The van der Waals surface area contributed by atoms with Gasteiger partial charge in [0.15, 0.2) is 17.7 Å². The molecule has 0 aromatic carbocycles. The van der Waals surface area contributed by atoms with E-state index in [4.69, 9.17) is 15.2 Å². The number of nitrogens with two attached hydrogens (primary N) is 1. The highest BCUT2D eigenvalue weighted by molar-refractivity contribution is 5.96. The van der Waals surface area contributed by atoms with Crippen LogP contribution >= 0.6 is 0 Å². The molecule has 0 aromatic rings. The fourth-order valence-electron chi connectivity index (χ4n) is 2.92. The summed E-state index contributed by atoms with van der Waals surface area (Å²) in [6.07, 6.45) is -3.83. The summed E-state index contributed by atoms with van der Waals surface area (Å²) in [5.74, 6) is -1.24. The van der Waals surface area contributed by atoms with E-state index >= 15 is 0 Å². The van der Waals surface area contributed by atoms with Crippen LogP contribution in [0.5, 0.6) is 0 Å². The number of hydrogen-bond donors (Lipinski definition) is 8. The molecule has 0 saturated carbocycles. The van der Waals surface area contributed by atoms with Gasteiger partial charge in [0.2, 0.25) is 0 Å². The van der Waals surface area contributed by atoms with E-state index in [0.717, 1.165) is 0 Å². The molecule has 1 aliphatic heterocycles. The second-order valence-electron chi connectivity index (χ2n) is 8.76. The zero-order chi connectivity index (χ0) is 25.6. The van der Waals surface area contributed by atoms with Gasteiger partial charge in [-0.15, -0.1) is 0 Å². The lowest BCUT2D eigenvalue weighted by Gasteiger charge is -2.40. The first kappa shape index (κ1) is 29.0. The van der Waals surface area contributed by atoms with Crippen molar-refractivity contribution in [1.29, 1.82) is 0 Å². The molecule has 1 heterocycles. The summed E-state index contributed by atoms with van der Waals surface area (Å²) in [5.41, 5.74) is 2.47. The van der Waals surface area contributed by atoms with Crippen LogP contribution in [0.25, 0.3) is 0 Å². The molecule has 9 N–H and O–H groups in total. The molecule has 1 rings (SSSR count). The number of aliphatic hydroxyl groups is 5. The zero-order valence-corrected chi connectivity index (χ0v) is 19.6. The minimum atomic E-state index is -2.06. The molecule has 0 bridgehead atoms. The molecule has 0 unspecified atom stereocenters. The molecule has 0 radical (unpaired) electrons. The Bertz CT molecular complexity index is 732. The standard InChI is InChI=1S/C21H37N3O9/c1-11(22)8-23-9-14(26)20(3,4)21(5,31)19(30)24-7-6-12(2)32-18-17(29)16(28)15(27)13(10-25)33-18/h6-8,12-13,15-18,23,25,27-29,31H,9-10,22H2,1-5H3,(H,24,30)/b7-6+,11-8+/t12-,13-,15-,16+,17-,18-,21-/m0/s1. The lowest BCUT2D eigenvalue weighted by molar-refractivity contribution is -0.306. The summed E-state index contributed by atoms with van der Waals surface area (Å²) < 4.78 is 10.7. The highest BCUT2D eigenvalue weighted by Gasteiger charge is 2.50. The number of ketones is 1. The fourth-order valence-corrected chi connectivity index (χ4v) is 2.92. The normalized spacial score (nSPS) is 29.4. The van der Waals surface area contributed by atoms with Gasteiger partial charge in [-0.05, 0) is 40.7 Å². The average molecular weight is 476 g/mol. The van der Waals surface area contributed by atoms with Crippen LogP contribution in [0.1, 0.15) is 34.6 Å². The lowest BCUT2D eigenvalue weighted by Crippen LogP contribution is -2.59. The first-order chi connectivity index (χ1) is 15.2. The minimum absolute atomic E-state index is 0.134. The van der Waals surface area contributed by atoms with E-state index in [9.17, 15) is 35.1 Å². The maximum Gasteiger partial charge on any atom is 0.256 e. The Morgan fingerprint density at radius 3 is 2.33 bits per heavy atom. The fraction of sp³-hybridized carbons (Fsp3) is 0.714. The van der Waals surface area contributed by atoms with Crippen LogP contribution in [0.2, 0.25) is 0 Å². The van der Waals surface area contributed by atoms with Crippen LogP contribution in [0.4, 0.5) is 0 Å². The summed E-state index contributed by atoms with van der Waals surface area (Å²) >= 11 is 0. The first-order valence-corrected chi connectivity index (χ1v) is 10.5. The number of rotatable bonds is 11. The summed E-state index contributed by atoms with van der Waals surface area (Å²) in [7, 11) is 0. The van der Waals surface area contributed by atoms with E-state index in [1.807, 2.05) is 0 Å². The predicted octanol–water partition coefficient (Wildman–Crippen LogP) is -2.42. The lowest BCUT2D eigenvalue weighted by atomic mass is 9.72. The SMILES string of the molecule is C/C(N)=C\NCC(=O)C(C)(C)[C@@](C)(O)C(=O)N/C=C/[C@H](C)O[C@H]1O[C@@H](CO)[C@H](O)[C@@H](O)[C@@H]1O. The van der Waals surface area contributed by atoms with Crippen molar-refractivity contribution in [2.45, 2.75) is 77.0 Å². The molecule has 0 aromatic heterocycles. The third-order valence-electron chi connectivity index (χ3n) is 5.73. The largest absolute Gasteiger partial charge is 0.401 e. The van der Waals surface area contributed by atoms with Crippen LogP contribution in [0.3, 0.4) is 0 Å². The van der Waals surface area contributed by atoms with Crippen LogP contribution in [-0.4, -0.2) is 92.8 Å². The van der Waals surface area contributed by atoms with Gasteiger partial charge in [0.05, 0.1) is 24.7 Å². The highest BCUT2D eigenvalue weighted by atomic mass is 16.7. The quantitative estimate of drug-likeness (QED) is 0.158. The number of carbonyl (C=O) groups is 2. The maximum atomic E-state index is 12.6. The van der Waals surface area contributed by atoms with Gasteiger partial charge in [0.25, 0.3) is 5.91 Å². The van der Waals surface area contributed by atoms with Crippen molar-refractivity contribution >= 4 is 11.7 Å². The molecule has 1 amide bonds. The number of allylic oxidation sites excluding steroid dienone is 1. The number of hydrogen-bond acceptors (Lipinski definition) is 11. The number of ether oxygens (including phenoxy) is 2. The van der Waals surface area contributed by atoms with Crippen LogP contribution in [0.15, 0.2) is 24.2 Å². The van der Waals surface area contributed by atoms with E-state index in [1.54, 1.807) is 13.8 Å². The maximum absolute atomic E-state index is 12.6. The monoisotopic (exact) mass is 475 g/mol. The van der Waals surface area contributed by atoms with Crippen molar-refractivity contribution in [3.05, 3.63) is 24.2 Å². The minimum Gasteiger partial charge on any atom is -0.401 e. The summed E-state index contributed by atoms with van der Waals surface area (Å²) in [4.78, 5) is 25.1. The molecule has 33 heavy (non-hydrogen) atoms. The second kappa shape index (κ2) is 11.9. The first-order valence-electron chi connectivity index (χ1n) is 10.5. The van der Waals surface area contributed by atoms with Crippen molar-refractivity contribution in [2.24, 2.45) is 11.1 Å². The molecular formula is C21H37N3O9. The molecule has 7 atom stereocenters.